The summed E-state index contributed by atoms with van der Waals surface area (Å²) in [5.74, 6) is -0.163. The number of ketones is 1. The summed E-state index contributed by atoms with van der Waals surface area (Å²) >= 11 is 0. The minimum Gasteiger partial charge on any atom is -0.508 e. The Bertz CT molecular complexity index is 787. The summed E-state index contributed by atoms with van der Waals surface area (Å²) in [6, 6.07) is 7.47. The first-order chi connectivity index (χ1) is 14.4. The molecule has 0 aliphatic rings. The monoisotopic (exact) mass is 416 g/mol. The van der Waals surface area contributed by atoms with E-state index in [1.807, 2.05) is 0 Å². The van der Waals surface area contributed by atoms with Gasteiger partial charge >= 0.3 is 0 Å². The van der Waals surface area contributed by atoms with Gasteiger partial charge in [0.1, 0.15) is 34.3 Å². The maximum atomic E-state index is 12.3. The lowest BCUT2D eigenvalue weighted by Crippen LogP contribution is -2.01. The Hall–Kier alpha value is -2.89. The summed E-state index contributed by atoms with van der Waals surface area (Å²) in [7, 11) is 1.43. The number of hydrogen-bond acceptors (Lipinski definition) is 6. The lowest BCUT2D eigenvalue weighted by atomic mass is 10.0. The van der Waals surface area contributed by atoms with E-state index in [2.05, 4.69) is 0 Å². The van der Waals surface area contributed by atoms with Crippen molar-refractivity contribution in [3.05, 3.63) is 41.5 Å². The zero-order valence-corrected chi connectivity index (χ0v) is 17.6. The summed E-state index contributed by atoms with van der Waals surface area (Å²) in [4.78, 5) is 12.3. The lowest BCUT2D eigenvalue weighted by Gasteiger charge is -2.09. The van der Waals surface area contributed by atoms with Crippen LogP contribution in [-0.4, -0.2) is 33.3 Å². The first-order valence-electron chi connectivity index (χ1n) is 10.6. The van der Waals surface area contributed by atoms with Crippen molar-refractivity contribution in [2.24, 2.45) is 0 Å². The Labute approximate surface area is 177 Å². The average molecular weight is 417 g/mol. The molecule has 2 aromatic carbocycles. The number of unbranched alkanes of at least 4 members (excludes halogenated alkanes) is 7. The van der Waals surface area contributed by atoms with Crippen LogP contribution in [0.3, 0.4) is 0 Å². The van der Waals surface area contributed by atoms with Gasteiger partial charge in [0.2, 0.25) is 0 Å². The van der Waals surface area contributed by atoms with E-state index >= 15 is 0 Å². The fraction of sp³-hybridized carbons (Fsp3) is 0.458. The normalized spacial score (nSPS) is 10.8. The molecule has 0 atom stereocenters. The standard InChI is InChI=1S/C24H32O6/c1-30-17-15-22(28)24(23(29)16-17)21(27)12-9-7-5-3-2-4-6-8-11-18-19(25)13-10-14-20(18)26/h10,13-16,25-26,28-29H,2-9,11-12H2,1H3. The van der Waals surface area contributed by atoms with Crippen molar-refractivity contribution >= 4 is 5.78 Å². The maximum Gasteiger partial charge on any atom is 0.170 e. The minimum absolute atomic E-state index is 0.0358. The third kappa shape index (κ3) is 6.87. The van der Waals surface area contributed by atoms with Crippen molar-refractivity contribution in [2.45, 2.75) is 64.2 Å². The zero-order chi connectivity index (χ0) is 21.9. The second-order valence-electron chi connectivity index (χ2n) is 7.57. The summed E-state index contributed by atoms with van der Waals surface area (Å²) in [6.07, 6.45) is 8.91. The number of hydrogen-bond donors (Lipinski definition) is 4. The predicted octanol–water partition coefficient (Wildman–Crippen LogP) is 5.45. The van der Waals surface area contributed by atoms with Gasteiger partial charge in [-0.25, -0.2) is 0 Å². The molecule has 6 heteroatoms. The van der Waals surface area contributed by atoms with E-state index in [4.69, 9.17) is 4.74 Å². The van der Waals surface area contributed by atoms with Crippen LogP contribution in [-0.2, 0) is 6.42 Å². The van der Waals surface area contributed by atoms with Crippen molar-refractivity contribution in [1.29, 1.82) is 0 Å². The van der Waals surface area contributed by atoms with E-state index in [9.17, 15) is 25.2 Å². The highest BCUT2D eigenvalue weighted by atomic mass is 16.5. The Balaban J connectivity index is 1.56. The molecule has 2 rings (SSSR count). The van der Waals surface area contributed by atoms with Gasteiger partial charge in [-0.1, -0.05) is 44.6 Å². The number of methoxy groups -OCH3 is 1. The molecular weight excluding hydrogens is 384 g/mol. The van der Waals surface area contributed by atoms with Gasteiger partial charge in [-0.2, -0.15) is 0 Å². The second-order valence-corrected chi connectivity index (χ2v) is 7.57. The fourth-order valence-corrected chi connectivity index (χ4v) is 3.58. The Morgan fingerprint density at radius 2 is 1.27 bits per heavy atom. The topological polar surface area (TPSA) is 107 Å². The molecule has 0 saturated heterocycles. The molecule has 0 radical (unpaired) electrons. The molecule has 0 bridgehead atoms. The number of Topliss-reactive ketones (excluding diaryl/α,β-unsaturated/α-hetero) is 1. The van der Waals surface area contributed by atoms with Crippen molar-refractivity contribution in [3.8, 4) is 28.7 Å². The third-order valence-corrected chi connectivity index (χ3v) is 5.29. The van der Waals surface area contributed by atoms with E-state index in [1.54, 1.807) is 18.2 Å². The van der Waals surface area contributed by atoms with Gasteiger partial charge in [0.25, 0.3) is 0 Å². The number of carbonyl (C=O) groups is 1. The van der Waals surface area contributed by atoms with Crippen molar-refractivity contribution in [1.82, 2.24) is 0 Å². The Morgan fingerprint density at radius 3 is 1.80 bits per heavy atom. The van der Waals surface area contributed by atoms with Crippen LogP contribution in [0.5, 0.6) is 28.7 Å². The lowest BCUT2D eigenvalue weighted by molar-refractivity contribution is 0.0973. The Kier molecular flexibility index (Phi) is 9.32. The first kappa shape index (κ1) is 23.4. The molecule has 0 unspecified atom stereocenters. The summed E-state index contributed by atoms with van der Waals surface area (Å²) in [6.45, 7) is 0. The molecule has 0 aromatic heterocycles. The molecule has 2 aromatic rings. The molecule has 0 amide bonds. The summed E-state index contributed by atoms with van der Waals surface area (Å²) in [5.41, 5.74) is 0.586. The second kappa shape index (κ2) is 12.0. The SMILES string of the molecule is COc1cc(O)c(C(=O)CCCCCCCCCCc2c(O)cccc2O)c(O)c1. The van der Waals surface area contributed by atoms with Crippen LogP contribution in [0.1, 0.15) is 73.7 Å². The molecule has 0 aliphatic heterocycles. The van der Waals surface area contributed by atoms with Gasteiger partial charge in [-0.3, -0.25) is 4.79 Å². The molecule has 0 heterocycles. The molecule has 0 saturated carbocycles. The Morgan fingerprint density at radius 1 is 0.767 bits per heavy atom. The molecule has 6 nitrogen and oxygen atoms in total. The van der Waals surface area contributed by atoms with Gasteiger partial charge in [0.05, 0.1) is 7.11 Å². The number of rotatable bonds is 13. The van der Waals surface area contributed by atoms with Gasteiger partial charge in [-0.05, 0) is 31.4 Å². The van der Waals surface area contributed by atoms with Gasteiger partial charge in [-0.15, -0.1) is 0 Å². The molecule has 30 heavy (non-hydrogen) atoms. The number of phenolic OH excluding ortho intramolecular Hbond substituents is 4. The smallest absolute Gasteiger partial charge is 0.170 e. The number of benzene rings is 2. The van der Waals surface area contributed by atoms with Crippen LogP contribution in [0.4, 0.5) is 0 Å². The first-order valence-corrected chi connectivity index (χ1v) is 10.6. The molecule has 0 fully saturated rings. The molecule has 0 aliphatic carbocycles. The average Bonchev–Trinajstić information content (AvgIpc) is 2.70. The van der Waals surface area contributed by atoms with Crippen LogP contribution >= 0.6 is 0 Å². The molecule has 164 valence electrons. The summed E-state index contributed by atoms with van der Waals surface area (Å²) < 4.78 is 4.95. The number of phenols is 4. The summed E-state index contributed by atoms with van der Waals surface area (Å²) in [5, 5.41) is 39.4. The number of aromatic hydroxyl groups is 4. The van der Waals surface area contributed by atoms with Crippen LogP contribution in [0.15, 0.2) is 30.3 Å². The van der Waals surface area contributed by atoms with Crippen LogP contribution in [0.2, 0.25) is 0 Å². The molecule has 0 spiro atoms. The third-order valence-electron chi connectivity index (χ3n) is 5.29. The van der Waals surface area contributed by atoms with E-state index in [0.717, 1.165) is 51.4 Å². The molecular formula is C24H32O6. The number of carbonyl (C=O) groups excluding carboxylic acids is 1. The maximum absolute atomic E-state index is 12.3. The molecule has 4 N–H and O–H groups in total. The van der Waals surface area contributed by atoms with Crippen LogP contribution < -0.4 is 4.74 Å². The number of ether oxygens (including phenoxy) is 1. The van der Waals surface area contributed by atoms with E-state index in [0.29, 0.717) is 17.7 Å². The van der Waals surface area contributed by atoms with Crippen molar-refractivity contribution < 1.29 is 30.0 Å². The predicted molar refractivity (Wildman–Crippen MR) is 116 cm³/mol. The van der Waals surface area contributed by atoms with Crippen LogP contribution in [0, 0.1) is 0 Å². The van der Waals surface area contributed by atoms with Gasteiger partial charge < -0.3 is 25.2 Å². The highest BCUT2D eigenvalue weighted by Crippen LogP contribution is 2.33. The quantitative estimate of drug-likeness (QED) is 0.255. The van der Waals surface area contributed by atoms with Gasteiger partial charge in [0, 0.05) is 24.1 Å². The minimum atomic E-state index is -0.264. The van der Waals surface area contributed by atoms with Gasteiger partial charge in [0.15, 0.2) is 5.78 Å². The van der Waals surface area contributed by atoms with Crippen molar-refractivity contribution in [2.75, 3.05) is 7.11 Å². The van der Waals surface area contributed by atoms with E-state index in [-0.39, 0.29) is 40.8 Å². The largest absolute Gasteiger partial charge is 0.508 e. The van der Waals surface area contributed by atoms with E-state index in [1.165, 1.54) is 19.2 Å². The highest BCUT2D eigenvalue weighted by molar-refractivity contribution is 6.01. The van der Waals surface area contributed by atoms with Crippen molar-refractivity contribution in [3.63, 3.8) is 0 Å². The van der Waals surface area contributed by atoms with Crippen LogP contribution in [0.25, 0.3) is 0 Å². The highest BCUT2D eigenvalue weighted by Gasteiger charge is 2.17. The van der Waals surface area contributed by atoms with E-state index < -0.39 is 0 Å². The fourth-order valence-electron chi connectivity index (χ4n) is 3.58. The zero-order valence-electron chi connectivity index (χ0n) is 17.6.